The third-order valence-electron chi connectivity index (χ3n) is 4.44. The predicted molar refractivity (Wildman–Crippen MR) is 107 cm³/mol. The molecule has 5 nitrogen and oxygen atoms in total. The number of amides is 1. The summed E-state index contributed by atoms with van der Waals surface area (Å²) in [4.78, 5) is 16.3. The molecule has 0 aromatic heterocycles. The van der Waals surface area contributed by atoms with E-state index < -0.39 is 0 Å². The van der Waals surface area contributed by atoms with Crippen LogP contribution in [0.2, 0.25) is 5.02 Å². The molecule has 0 bridgehead atoms. The molecule has 0 fully saturated rings. The van der Waals surface area contributed by atoms with Crippen molar-refractivity contribution >= 4 is 29.2 Å². The molecule has 4 N–H and O–H groups in total. The summed E-state index contributed by atoms with van der Waals surface area (Å²) in [6.45, 7) is 0.823. The molecule has 0 radical (unpaired) electrons. The summed E-state index contributed by atoms with van der Waals surface area (Å²) in [5.41, 5.74) is 10.3. The molecule has 1 amide bonds. The number of carbonyl (C=O) groups excluding carboxylic acids is 1. The van der Waals surface area contributed by atoms with Crippen LogP contribution in [-0.4, -0.2) is 25.0 Å². The van der Waals surface area contributed by atoms with Crippen molar-refractivity contribution in [2.45, 2.75) is 25.7 Å². The number of rotatable bonds is 5. The van der Waals surface area contributed by atoms with Crippen molar-refractivity contribution in [3.8, 4) is 0 Å². The van der Waals surface area contributed by atoms with E-state index >= 15 is 0 Å². The van der Waals surface area contributed by atoms with E-state index in [-0.39, 0.29) is 5.91 Å². The standard InChI is InChI=1S/C20H23ClN4O/c21-16-10-8-15(9-11-16)19(26)23-12-13-24-20(22)25-18-7-3-5-14-4-1-2-6-17(14)18/h3,5,7-11H,1-2,4,6,12-13H2,(H,23,26)(H3,22,24,25). The van der Waals surface area contributed by atoms with Crippen molar-refractivity contribution in [2.24, 2.45) is 10.7 Å². The molecule has 0 spiro atoms. The van der Waals surface area contributed by atoms with E-state index in [1.807, 2.05) is 12.1 Å². The van der Waals surface area contributed by atoms with Gasteiger partial charge in [0.05, 0.1) is 6.54 Å². The highest BCUT2D eigenvalue weighted by Gasteiger charge is 2.13. The van der Waals surface area contributed by atoms with Crippen LogP contribution in [-0.2, 0) is 12.8 Å². The second-order valence-corrected chi connectivity index (χ2v) is 6.74. The summed E-state index contributed by atoms with van der Waals surface area (Å²) in [6, 6.07) is 13.0. The van der Waals surface area contributed by atoms with E-state index in [0.717, 1.165) is 18.5 Å². The SMILES string of the molecule is NC(=NCCNC(=O)c1ccc(Cl)cc1)Nc1cccc2c1CCCC2. The third kappa shape index (κ3) is 4.76. The average Bonchev–Trinajstić information content (AvgIpc) is 2.66. The van der Waals surface area contributed by atoms with Crippen molar-refractivity contribution in [3.05, 3.63) is 64.2 Å². The van der Waals surface area contributed by atoms with Crippen molar-refractivity contribution in [1.82, 2.24) is 5.32 Å². The first kappa shape index (κ1) is 18.3. The molecule has 2 aromatic carbocycles. The fourth-order valence-electron chi connectivity index (χ4n) is 3.13. The van der Waals surface area contributed by atoms with Crippen LogP contribution in [0.1, 0.15) is 34.3 Å². The number of aryl methyl sites for hydroxylation is 1. The lowest BCUT2D eigenvalue weighted by Crippen LogP contribution is -2.28. The van der Waals surface area contributed by atoms with Gasteiger partial charge in [-0.25, -0.2) is 0 Å². The molecule has 26 heavy (non-hydrogen) atoms. The third-order valence-corrected chi connectivity index (χ3v) is 4.70. The number of carbonyl (C=O) groups is 1. The summed E-state index contributed by atoms with van der Waals surface area (Å²) < 4.78 is 0. The second-order valence-electron chi connectivity index (χ2n) is 6.31. The Kier molecular flexibility index (Phi) is 6.12. The molecule has 1 aliphatic carbocycles. The van der Waals surface area contributed by atoms with Gasteiger partial charge in [0.1, 0.15) is 0 Å². The zero-order valence-electron chi connectivity index (χ0n) is 14.6. The summed E-state index contributed by atoms with van der Waals surface area (Å²) >= 11 is 5.82. The Hall–Kier alpha value is -2.53. The van der Waals surface area contributed by atoms with Crippen molar-refractivity contribution < 1.29 is 4.79 Å². The lowest BCUT2D eigenvalue weighted by molar-refractivity contribution is 0.0955. The average molecular weight is 371 g/mol. The van der Waals surface area contributed by atoms with Gasteiger partial charge in [-0.15, -0.1) is 0 Å². The minimum atomic E-state index is -0.152. The molecule has 0 heterocycles. The number of nitrogens with zero attached hydrogens (tertiary/aromatic N) is 1. The number of benzene rings is 2. The Morgan fingerprint density at radius 2 is 1.88 bits per heavy atom. The van der Waals surface area contributed by atoms with Gasteiger partial charge in [0.2, 0.25) is 0 Å². The fourth-order valence-corrected chi connectivity index (χ4v) is 3.25. The zero-order chi connectivity index (χ0) is 18.4. The molecular weight excluding hydrogens is 348 g/mol. The van der Waals surface area contributed by atoms with E-state index in [0.29, 0.717) is 29.6 Å². The normalized spacial score (nSPS) is 13.8. The van der Waals surface area contributed by atoms with Crippen molar-refractivity contribution in [3.63, 3.8) is 0 Å². The quantitative estimate of drug-likeness (QED) is 0.429. The molecule has 0 atom stereocenters. The number of aliphatic imine (C=N–C) groups is 1. The van der Waals surface area contributed by atoms with Gasteiger partial charge in [-0.2, -0.15) is 0 Å². The van der Waals surface area contributed by atoms with Gasteiger partial charge >= 0.3 is 0 Å². The van der Waals surface area contributed by atoms with Crippen LogP contribution in [0.15, 0.2) is 47.5 Å². The van der Waals surface area contributed by atoms with Crippen molar-refractivity contribution in [2.75, 3.05) is 18.4 Å². The Labute approximate surface area is 158 Å². The van der Waals surface area contributed by atoms with Gasteiger partial charge < -0.3 is 16.4 Å². The van der Waals surface area contributed by atoms with Gasteiger partial charge in [0.15, 0.2) is 5.96 Å². The molecule has 1 aliphatic rings. The molecule has 2 aromatic rings. The van der Waals surface area contributed by atoms with Gasteiger partial charge in [-0.1, -0.05) is 23.7 Å². The number of halogens is 1. The van der Waals surface area contributed by atoms with Crippen molar-refractivity contribution in [1.29, 1.82) is 0 Å². The first-order valence-electron chi connectivity index (χ1n) is 8.85. The monoisotopic (exact) mass is 370 g/mol. The van der Waals surface area contributed by atoms with Crippen LogP contribution in [0.3, 0.4) is 0 Å². The van der Waals surface area contributed by atoms with Gasteiger partial charge in [0.25, 0.3) is 5.91 Å². The number of nitrogens with one attached hydrogen (secondary N) is 2. The largest absolute Gasteiger partial charge is 0.370 e. The first-order valence-corrected chi connectivity index (χ1v) is 9.23. The summed E-state index contributed by atoms with van der Waals surface area (Å²) in [5.74, 6) is 0.213. The van der Waals surface area contributed by atoms with Crippen LogP contribution in [0.4, 0.5) is 5.69 Å². The molecule has 0 aliphatic heterocycles. The fraction of sp³-hybridized carbons (Fsp3) is 0.300. The van der Waals surface area contributed by atoms with Crippen LogP contribution >= 0.6 is 11.6 Å². The predicted octanol–water partition coefficient (Wildman–Crippen LogP) is 3.38. The molecule has 136 valence electrons. The molecule has 6 heteroatoms. The second kappa shape index (κ2) is 8.72. The van der Waals surface area contributed by atoms with E-state index in [4.69, 9.17) is 17.3 Å². The number of anilines is 1. The molecule has 0 saturated carbocycles. The Morgan fingerprint density at radius 3 is 2.69 bits per heavy atom. The number of fused-ring (bicyclic) bond motifs is 1. The topological polar surface area (TPSA) is 79.5 Å². The van der Waals surface area contributed by atoms with Crippen LogP contribution in [0, 0.1) is 0 Å². The van der Waals surface area contributed by atoms with Crippen LogP contribution in [0.25, 0.3) is 0 Å². The zero-order valence-corrected chi connectivity index (χ0v) is 15.4. The first-order chi connectivity index (χ1) is 12.6. The lowest BCUT2D eigenvalue weighted by Gasteiger charge is -2.19. The molecule has 0 unspecified atom stereocenters. The minimum Gasteiger partial charge on any atom is -0.370 e. The minimum absolute atomic E-state index is 0.152. The highest BCUT2D eigenvalue weighted by atomic mass is 35.5. The summed E-state index contributed by atoms with van der Waals surface area (Å²) in [6.07, 6.45) is 4.65. The Balaban J connectivity index is 1.50. The van der Waals surface area contributed by atoms with E-state index in [2.05, 4.69) is 21.7 Å². The summed E-state index contributed by atoms with van der Waals surface area (Å²) in [7, 11) is 0. The molecule has 3 rings (SSSR count). The number of hydrogen-bond donors (Lipinski definition) is 3. The number of guanidine groups is 1. The number of nitrogens with two attached hydrogens (primary N) is 1. The maximum atomic E-state index is 12.0. The van der Waals surface area contributed by atoms with E-state index in [1.165, 1.54) is 24.0 Å². The Morgan fingerprint density at radius 1 is 1.12 bits per heavy atom. The van der Waals surface area contributed by atoms with Gasteiger partial charge in [-0.3, -0.25) is 9.79 Å². The smallest absolute Gasteiger partial charge is 0.251 e. The summed E-state index contributed by atoms with van der Waals surface area (Å²) in [5, 5.41) is 6.62. The van der Waals surface area contributed by atoms with Gasteiger partial charge in [0, 0.05) is 22.8 Å². The highest BCUT2D eigenvalue weighted by Crippen LogP contribution is 2.27. The van der Waals surface area contributed by atoms with Gasteiger partial charge in [-0.05, 0) is 67.1 Å². The lowest BCUT2D eigenvalue weighted by atomic mass is 9.90. The maximum Gasteiger partial charge on any atom is 0.251 e. The maximum absolute atomic E-state index is 12.0. The molecular formula is C20H23ClN4O. The van der Waals surface area contributed by atoms with E-state index in [1.54, 1.807) is 24.3 Å². The van der Waals surface area contributed by atoms with E-state index in [9.17, 15) is 4.79 Å². The highest BCUT2D eigenvalue weighted by molar-refractivity contribution is 6.30. The van der Waals surface area contributed by atoms with Crippen LogP contribution < -0.4 is 16.4 Å². The Bertz CT molecular complexity index is 802. The van der Waals surface area contributed by atoms with Crippen LogP contribution in [0.5, 0.6) is 0 Å². The molecule has 0 saturated heterocycles. The number of hydrogen-bond acceptors (Lipinski definition) is 2.